The van der Waals surface area contributed by atoms with Crippen LogP contribution in [0.2, 0.25) is 5.02 Å². The zero-order valence-corrected chi connectivity index (χ0v) is 17.4. The zero-order chi connectivity index (χ0) is 20.2. The van der Waals surface area contributed by atoms with E-state index < -0.39 is 0 Å². The Kier molecular flexibility index (Phi) is 6.01. The molecule has 0 saturated heterocycles. The number of nitrogens with one attached hydrogen (secondary N) is 1. The van der Waals surface area contributed by atoms with Crippen LogP contribution in [-0.4, -0.2) is 36.2 Å². The topological polar surface area (TPSA) is 77.6 Å². The lowest BCUT2D eigenvalue weighted by Crippen LogP contribution is -2.18. The van der Waals surface area contributed by atoms with Crippen molar-refractivity contribution >= 4 is 35.1 Å². The number of allylic oxidation sites excluding steroid dienone is 1. The highest BCUT2D eigenvalue weighted by Crippen LogP contribution is 2.40. The van der Waals surface area contributed by atoms with Gasteiger partial charge in [-0.15, -0.1) is 16.8 Å². The number of hydrogen-bond donors (Lipinski definition) is 1. The van der Waals surface area contributed by atoms with E-state index >= 15 is 0 Å². The van der Waals surface area contributed by atoms with Crippen LogP contribution in [0.5, 0.6) is 0 Å². The highest BCUT2D eigenvalue weighted by Gasteiger charge is 2.30. The van der Waals surface area contributed by atoms with Crippen molar-refractivity contribution in [2.75, 3.05) is 11.1 Å². The summed E-state index contributed by atoms with van der Waals surface area (Å²) in [4.78, 5) is 12.5. The number of rotatable bonds is 9. The predicted octanol–water partition coefficient (Wildman–Crippen LogP) is 3.97. The van der Waals surface area contributed by atoms with Gasteiger partial charge in [-0.1, -0.05) is 47.6 Å². The maximum Gasteiger partial charge on any atom is 0.235 e. The third-order valence-corrected chi connectivity index (χ3v) is 5.93. The third kappa shape index (κ3) is 4.71. The first-order valence-electron chi connectivity index (χ1n) is 9.37. The number of carbonyl (C=O) groups is 1. The molecule has 9 heteroatoms. The summed E-state index contributed by atoms with van der Waals surface area (Å²) in [7, 11) is 0. The minimum absolute atomic E-state index is 0.128. The van der Waals surface area contributed by atoms with Gasteiger partial charge in [-0.25, -0.2) is 4.68 Å². The fraction of sp³-hybridized carbons (Fsp3) is 0.300. The van der Waals surface area contributed by atoms with Crippen LogP contribution in [0.3, 0.4) is 0 Å². The van der Waals surface area contributed by atoms with Crippen LogP contribution in [0.25, 0.3) is 0 Å². The molecule has 1 N–H and O–H groups in total. The Morgan fingerprint density at radius 1 is 1.31 bits per heavy atom. The molecule has 1 saturated carbocycles. The number of thioether (sulfide) groups is 1. The number of nitrogens with zero attached hydrogens (tertiary/aromatic N) is 5. The van der Waals surface area contributed by atoms with E-state index in [1.807, 2.05) is 34.9 Å². The number of halogens is 1. The second kappa shape index (κ2) is 8.84. The Morgan fingerprint density at radius 2 is 2.14 bits per heavy atom. The molecule has 3 aromatic rings. The van der Waals surface area contributed by atoms with Crippen molar-refractivity contribution in [2.24, 2.45) is 0 Å². The van der Waals surface area contributed by atoms with Crippen molar-refractivity contribution in [3.05, 3.63) is 65.6 Å². The van der Waals surface area contributed by atoms with Gasteiger partial charge in [0.1, 0.15) is 11.6 Å². The van der Waals surface area contributed by atoms with Gasteiger partial charge in [-0.2, -0.15) is 5.10 Å². The molecule has 29 heavy (non-hydrogen) atoms. The van der Waals surface area contributed by atoms with Crippen LogP contribution < -0.4 is 5.32 Å². The van der Waals surface area contributed by atoms with E-state index in [1.54, 1.807) is 16.9 Å². The minimum Gasteiger partial charge on any atom is -0.310 e. The lowest BCUT2D eigenvalue weighted by atomic mass is 10.2. The van der Waals surface area contributed by atoms with E-state index in [9.17, 15) is 4.79 Å². The van der Waals surface area contributed by atoms with Gasteiger partial charge < -0.3 is 9.88 Å². The van der Waals surface area contributed by atoms with Crippen molar-refractivity contribution in [2.45, 2.75) is 37.0 Å². The first-order valence-corrected chi connectivity index (χ1v) is 10.7. The monoisotopic (exact) mass is 428 g/mol. The fourth-order valence-corrected chi connectivity index (χ4v) is 3.96. The number of hydrogen-bond acceptors (Lipinski definition) is 5. The Balaban J connectivity index is 1.38. The zero-order valence-electron chi connectivity index (χ0n) is 15.8. The van der Waals surface area contributed by atoms with Crippen molar-refractivity contribution in [1.82, 2.24) is 24.5 Å². The maximum atomic E-state index is 12.5. The number of aromatic nitrogens is 5. The molecular weight excluding hydrogens is 408 g/mol. The van der Waals surface area contributed by atoms with E-state index in [2.05, 4.69) is 27.2 Å². The second-order valence-corrected chi connectivity index (χ2v) is 8.17. The first-order chi connectivity index (χ1) is 14.2. The van der Waals surface area contributed by atoms with Gasteiger partial charge in [-0.3, -0.25) is 4.79 Å². The van der Waals surface area contributed by atoms with Crippen molar-refractivity contribution in [1.29, 1.82) is 0 Å². The molecule has 7 nitrogen and oxygen atoms in total. The lowest BCUT2D eigenvalue weighted by Gasteiger charge is -2.10. The first kappa shape index (κ1) is 19.7. The molecule has 0 atom stereocenters. The van der Waals surface area contributed by atoms with E-state index in [-0.39, 0.29) is 11.7 Å². The van der Waals surface area contributed by atoms with Gasteiger partial charge in [0, 0.05) is 23.6 Å². The highest BCUT2D eigenvalue weighted by molar-refractivity contribution is 7.99. The molecule has 4 rings (SSSR count). The normalized spacial score (nSPS) is 13.4. The van der Waals surface area contributed by atoms with E-state index in [0.717, 1.165) is 29.4 Å². The molecule has 150 valence electrons. The number of carbonyl (C=O) groups excluding carboxylic acids is 1. The number of benzene rings is 1. The highest BCUT2D eigenvalue weighted by atomic mass is 35.5. The molecule has 1 fully saturated rings. The molecule has 1 aromatic carbocycles. The molecule has 1 amide bonds. The summed E-state index contributed by atoms with van der Waals surface area (Å²) in [6.45, 7) is 4.94. The molecule has 0 unspecified atom stereocenters. The maximum absolute atomic E-state index is 12.5. The summed E-state index contributed by atoms with van der Waals surface area (Å²) in [6.07, 6.45) is 5.78. The average Bonchev–Trinajstić information content (AvgIpc) is 3.35. The molecular formula is C20H21ClN6OS. The molecule has 0 spiro atoms. The van der Waals surface area contributed by atoms with Gasteiger partial charge in [0.05, 0.1) is 18.5 Å². The smallest absolute Gasteiger partial charge is 0.235 e. The molecule has 0 bridgehead atoms. The SMILES string of the molecule is C=CCn1c(SCC(=O)Nc2ccnn2Cc2ccccc2Cl)nnc1C1CC1. The molecule has 2 aromatic heterocycles. The quantitative estimate of drug-likeness (QED) is 0.412. The lowest BCUT2D eigenvalue weighted by molar-refractivity contribution is -0.113. The van der Waals surface area contributed by atoms with Crippen molar-refractivity contribution in [3.63, 3.8) is 0 Å². The average molecular weight is 429 g/mol. The number of amides is 1. The minimum atomic E-state index is -0.128. The Bertz CT molecular complexity index is 1030. The van der Waals surface area contributed by atoms with Crippen LogP contribution in [0.4, 0.5) is 5.82 Å². The number of anilines is 1. The largest absolute Gasteiger partial charge is 0.310 e. The van der Waals surface area contributed by atoms with Crippen LogP contribution in [0.1, 0.15) is 30.1 Å². The van der Waals surface area contributed by atoms with Gasteiger partial charge in [0.25, 0.3) is 0 Å². The van der Waals surface area contributed by atoms with Crippen molar-refractivity contribution in [3.8, 4) is 0 Å². The summed E-state index contributed by atoms with van der Waals surface area (Å²) < 4.78 is 3.76. The summed E-state index contributed by atoms with van der Waals surface area (Å²) >= 11 is 7.61. The molecule has 0 aliphatic heterocycles. The van der Waals surface area contributed by atoms with Gasteiger partial charge in [0.2, 0.25) is 5.91 Å². The molecule has 1 aliphatic carbocycles. The summed E-state index contributed by atoms with van der Waals surface area (Å²) in [6, 6.07) is 9.36. The van der Waals surface area contributed by atoms with Crippen molar-refractivity contribution < 1.29 is 4.79 Å². The van der Waals surface area contributed by atoms with E-state index in [0.29, 0.717) is 29.8 Å². The predicted molar refractivity (Wildman–Crippen MR) is 114 cm³/mol. The van der Waals surface area contributed by atoms with Gasteiger partial charge in [0.15, 0.2) is 5.16 Å². The molecule has 0 radical (unpaired) electrons. The third-order valence-electron chi connectivity index (χ3n) is 4.59. The standard InChI is InChI=1S/C20H21ClN6OS/c1-2-11-26-19(14-7-8-14)24-25-20(26)29-13-18(28)23-17-9-10-22-27(17)12-15-5-3-4-6-16(15)21/h2-6,9-10,14H,1,7-8,11-13H2,(H,23,28). The van der Waals surface area contributed by atoms with Crippen LogP contribution in [0.15, 0.2) is 54.3 Å². The van der Waals surface area contributed by atoms with E-state index in [1.165, 1.54) is 11.8 Å². The van der Waals surface area contributed by atoms with Crippen LogP contribution in [-0.2, 0) is 17.9 Å². The Hall–Kier alpha value is -2.58. The van der Waals surface area contributed by atoms with E-state index in [4.69, 9.17) is 11.6 Å². The Labute approximate surface area is 178 Å². The summed E-state index contributed by atoms with van der Waals surface area (Å²) in [5, 5.41) is 17.2. The second-order valence-electron chi connectivity index (χ2n) is 6.82. The van der Waals surface area contributed by atoms with Crippen LogP contribution >= 0.6 is 23.4 Å². The molecule has 1 aliphatic rings. The Morgan fingerprint density at radius 3 is 2.90 bits per heavy atom. The molecule has 2 heterocycles. The van der Waals surface area contributed by atoms with Gasteiger partial charge >= 0.3 is 0 Å². The fourth-order valence-electron chi connectivity index (χ4n) is 3.01. The van der Waals surface area contributed by atoms with Crippen LogP contribution in [0, 0.1) is 0 Å². The summed E-state index contributed by atoms with van der Waals surface area (Å²) in [5.41, 5.74) is 0.938. The van der Waals surface area contributed by atoms with Gasteiger partial charge in [-0.05, 0) is 24.5 Å². The summed E-state index contributed by atoms with van der Waals surface area (Å²) in [5.74, 6) is 2.21.